The van der Waals surface area contributed by atoms with Gasteiger partial charge in [-0.15, -0.1) is 0 Å². The zero-order valence-corrected chi connectivity index (χ0v) is 26.5. The molecule has 0 aliphatic rings. The van der Waals surface area contributed by atoms with Crippen LogP contribution in [0.15, 0.2) is 182 Å². The van der Waals surface area contributed by atoms with Crippen molar-refractivity contribution < 1.29 is 0 Å². The van der Waals surface area contributed by atoms with Crippen molar-refractivity contribution in [3.63, 3.8) is 0 Å². The van der Waals surface area contributed by atoms with Crippen molar-refractivity contribution in [2.45, 2.75) is 0 Å². The lowest BCUT2D eigenvalue weighted by molar-refractivity contribution is 1.61. The summed E-state index contributed by atoms with van der Waals surface area (Å²) in [6, 6.07) is 66.3. The summed E-state index contributed by atoms with van der Waals surface area (Å²) in [5.74, 6) is 0. The maximum Gasteiger partial charge on any atom is -0.00199 e. The fraction of sp³-hybridized carbons (Fsp3) is 0. The molecule has 0 N–H and O–H groups in total. The lowest BCUT2D eigenvalue weighted by Gasteiger charge is -2.20. The molecule has 9 aromatic rings. The van der Waals surface area contributed by atoms with Gasteiger partial charge in [-0.25, -0.2) is 0 Å². The maximum atomic E-state index is 2.42. The van der Waals surface area contributed by atoms with Gasteiger partial charge in [-0.05, 0) is 99.7 Å². The molecule has 0 spiro atoms. The Morgan fingerprint density at radius 3 is 1.40 bits per heavy atom. The second kappa shape index (κ2) is 11.8. The number of hydrogen-bond donors (Lipinski definition) is 0. The molecule has 0 saturated carbocycles. The minimum atomic E-state index is 1.18. The van der Waals surface area contributed by atoms with Gasteiger partial charge in [0.1, 0.15) is 0 Å². The van der Waals surface area contributed by atoms with E-state index in [0.717, 1.165) is 0 Å². The molecule has 9 aromatic carbocycles. The molecule has 224 valence electrons. The Hall–Kier alpha value is -6.24. The standard InChI is InChI=1S/C48H32/c1-2-13-33(14-3-1)27-28-34-15-10-20-37(31-34)38-29-30-45-46(32-38)48(42-26-12-19-36-17-5-7-22-40(36)42)44-24-9-8-23-43(44)47(45)41-25-11-18-35-16-4-6-21-39(35)41/h1-32H. The van der Waals surface area contributed by atoms with Crippen LogP contribution in [-0.2, 0) is 0 Å². The molecule has 48 heavy (non-hydrogen) atoms. The van der Waals surface area contributed by atoms with Crippen LogP contribution in [0.5, 0.6) is 0 Å². The van der Waals surface area contributed by atoms with Crippen LogP contribution in [0.2, 0.25) is 0 Å². The quantitative estimate of drug-likeness (QED) is 0.135. The minimum absolute atomic E-state index is 1.18. The first-order chi connectivity index (χ1) is 23.8. The molecule has 9 rings (SSSR count). The van der Waals surface area contributed by atoms with E-state index in [0.29, 0.717) is 0 Å². The highest BCUT2D eigenvalue weighted by Gasteiger charge is 2.19. The van der Waals surface area contributed by atoms with Crippen molar-refractivity contribution in [3.05, 3.63) is 193 Å². The highest BCUT2D eigenvalue weighted by molar-refractivity contribution is 6.25. The summed E-state index contributed by atoms with van der Waals surface area (Å²) in [5.41, 5.74) is 9.88. The molecule has 0 radical (unpaired) electrons. The van der Waals surface area contributed by atoms with Gasteiger partial charge in [0.2, 0.25) is 0 Å². The summed E-state index contributed by atoms with van der Waals surface area (Å²) in [5, 5.41) is 10.1. The van der Waals surface area contributed by atoms with E-state index in [1.54, 1.807) is 0 Å². The smallest absolute Gasteiger partial charge is 0.00199 e. The van der Waals surface area contributed by atoms with Crippen molar-refractivity contribution in [1.82, 2.24) is 0 Å². The Balaban J connectivity index is 1.35. The zero-order chi connectivity index (χ0) is 31.9. The first-order valence-electron chi connectivity index (χ1n) is 16.6. The average molecular weight is 609 g/mol. The molecule has 0 atom stereocenters. The first-order valence-corrected chi connectivity index (χ1v) is 16.6. The van der Waals surface area contributed by atoms with E-state index >= 15 is 0 Å². The number of benzene rings is 9. The van der Waals surface area contributed by atoms with Crippen LogP contribution in [-0.4, -0.2) is 0 Å². The van der Waals surface area contributed by atoms with E-state index < -0.39 is 0 Å². The third kappa shape index (κ3) is 4.87. The van der Waals surface area contributed by atoms with Crippen molar-refractivity contribution in [1.29, 1.82) is 0 Å². The van der Waals surface area contributed by atoms with Gasteiger partial charge in [0.15, 0.2) is 0 Å². The minimum Gasteiger partial charge on any atom is -0.0622 e. The molecule has 0 heteroatoms. The summed E-state index contributed by atoms with van der Waals surface area (Å²) in [4.78, 5) is 0. The van der Waals surface area contributed by atoms with Crippen LogP contribution in [0.3, 0.4) is 0 Å². The van der Waals surface area contributed by atoms with Crippen molar-refractivity contribution >= 4 is 55.2 Å². The first kappa shape index (κ1) is 28.0. The summed E-state index contributed by atoms with van der Waals surface area (Å²) in [7, 11) is 0. The SMILES string of the molecule is C(=Cc1cccc(-c2ccc3c(-c4cccc5ccccc45)c4ccccc4c(-c4cccc5ccccc45)c3c2)c1)c1ccccc1. The molecule has 0 aliphatic carbocycles. The third-order valence-corrected chi connectivity index (χ3v) is 9.63. The van der Waals surface area contributed by atoms with Gasteiger partial charge in [0, 0.05) is 0 Å². The molecule has 0 fully saturated rings. The van der Waals surface area contributed by atoms with E-state index in [4.69, 9.17) is 0 Å². The molecular formula is C48H32. The Bertz CT molecular complexity index is 2650. The lowest BCUT2D eigenvalue weighted by Crippen LogP contribution is -1.93. The highest BCUT2D eigenvalue weighted by Crippen LogP contribution is 2.47. The molecule has 0 aliphatic heterocycles. The van der Waals surface area contributed by atoms with Crippen LogP contribution in [0.25, 0.3) is 88.6 Å². The molecule has 0 heterocycles. The highest BCUT2D eigenvalue weighted by atomic mass is 14.2. The van der Waals surface area contributed by atoms with E-state index in [-0.39, 0.29) is 0 Å². The summed E-state index contributed by atoms with van der Waals surface area (Å²) in [6.45, 7) is 0. The Labute approximate surface area is 280 Å². The Kier molecular flexibility index (Phi) is 6.91. The largest absolute Gasteiger partial charge is 0.0622 e. The number of hydrogen-bond acceptors (Lipinski definition) is 0. The topological polar surface area (TPSA) is 0 Å². The number of rotatable bonds is 5. The summed E-state index contributed by atoms with van der Waals surface area (Å²) in [6.07, 6.45) is 4.38. The van der Waals surface area contributed by atoms with Crippen molar-refractivity contribution in [2.24, 2.45) is 0 Å². The summed E-state index contributed by atoms with van der Waals surface area (Å²) < 4.78 is 0. The van der Waals surface area contributed by atoms with Gasteiger partial charge < -0.3 is 0 Å². The van der Waals surface area contributed by atoms with Crippen molar-refractivity contribution in [2.75, 3.05) is 0 Å². The van der Waals surface area contributed by atoms with E-state index in [1.807, 2.05) is 0 Å². The van der Waals surface area contributed by atoms with Crippen LogP contribution in [0.4, 0.5) is 0 Å². The predicted octanol–water partition coefficient (Wildman–Crippen LogP) is 13.5. The fourth-order valence-electron chi connectivity index (χ4n) is 7.40. The number of fused-ring (bicyclic) bond motifs is 4. The van der Waals surface area contributed by atoms with Gasteiger partial charge in [-0.3, -0.25) is 0 Å². The van der Waals surface area contributed by atoms with Crippen LogP contribution in [0.1, 0.15) is 11.1 Å². The normalized spacial score (nSPS) is 11.7. The molecule has 0 bridgehead atoms. The monoisotopic (exact) mass is 608 g/mol. The third-order valence-electron chi connectivity index (χ3n) is 9.63. The zero-order valence-electron chi connectivity index (χ0n) is 26.5. The molecular weight excluding hydrogens is 577 g/mol. The average Bonchev–Trinajstić information content (AvgIpc) is 3.16. The lowest BCUT2D eigenvalue weighted by atomic mass is 9.83. The van der Waals surface area contributed by atoms with Crippen LogP contribution < -0.4 is 0 Å². The van der Waals surface area contributed by atoms with Crippen molar-refractivity contribution in [3.8, 4) is 33.4 Å². The second-order valence-electron chi connectivity index (χ2n) is 12.5. The molecule has 0 amide bonds. The molecule has 0 unspecified atom stereocenters. The Morgan fingerprint density at radius 2 is 0.729 bits per heavy atom. The van der Waals surface area contributed by atoms with E-state index in [2.05, 4.69) is 194 Å². The van der Waals surface area contributed by atoms with Gasteiger partial charge in [-0.1, -0.05) is 182 Å². The van der Waals surface area contributed by atoms with Crippen LogP contribution >= 0.6 is 0 Å². The van der Waals surface area contributed by atoms with Gasteiger partial charge >= 0.3 is 0 Å². The predicted molar refractivity (Wildman–Crippen MR) is 208 cm³/mol. The molecule has 0 aromatic heterocycles. The van der Waals surface area contributed by atoms with E-state index in [1.165, 1.54) is 87.6 Å². The molecule has 0 saturated heterocycles. The second-order valence-corrected chi connectivity index (χ2v) is 12.5. The molecule has 0 nitrogen and oxygen atoms in total. The summed E-state index contributed by atoms with van der Waals surface area (Å²) >= 11 is 0. The van der Waals surface area contributed by atoms with Crippen LogP contribution in [0, 0.1) is 0 Å². The fourth-order valence-corrected chi connectivity index (χ4v) is 7.40. The van der Waals surface area contributed by atoms with E-state index in [9.17, 15) is 0 Å². The van der Waals surface area contributed by atoms with Gasteiger partial charge in [0.05, 0.1) is 0 Å². The van der Waals surface area contributed by atoms with Gasteiger partial charge in [0.25, 0.3) is 0 Å². The van der Waals surface area contributed by atoms with Gasteiger partial charge in [-0.2, -0.15) is 0 Å². The Morgan fingerprint density at radius 1 is 0.271 bits per heavy atom. The maximum absolute atomic E-state index is 2.42.